The van der Waals surface area contributed by atoms with E-state index >= 15 is 0 Å². The molecule has 0 saturated carbocycles. The van der Waals surface area contributed by atoms with E-state index in [1.54, 1.807) is 29.2 Å². The Kier molecular flexibility index (Phi) is 5.45. The molecule has 1 aliphatic heterocycles. The zero-order valence-corrected chi connectivity index (χ0v) is 15.6. The molecule has 1 N–H and O–H groups in total. The number of nitrogens with one attached hydrogen (secondary N) is 1. The quantitative estimate of drug-likeness (QED) is 0.582. The number of amides is 1. The summed E-state index contributed by atoms with van der Waals surface area (Å²) in [4.78, 5) is 23.8. The number of nitro benzene ring substituents is 1. The van der Waals surface area contributed by atoms with E-state index in [0.717, 1.165) is 12.1 Å². The molecule has 0 radical (unpaired) electrons. The first-order valence-corrected chi connectivity index (χ1v) is 9.92. The van der Waals surface area contributed by atoms with Gasteiger partial charge in [-0.2, -0.15) is 0 Å². The highest BCUT2D eigenvalue weighted by atomic mass is 35.5. The molecule has 1 amide bonds. The van der Waals surface area contributed by atoms with E-state index in [9.17, 15) is 23.3 Å². The van der Waals surface area contributed by atoms with Crippen LogP contribution in [-0.4, -0.2) is 32.3 Å². The number of carbonyl (C=O) groups is 1. The standard InChI is InChI=1S/C17H16ClN3O5S/c18-13-1-3-14(4-2-13)20-11-12(9-17(20)22)10-19-27(25,26)16-7-5-15(6-8-16)21(23)24/h1-8,12,19H,9-11H2. The molecule has 10 heteroatoms. The van der Waals surface area contributed by atoms with Crippen LogP contribution in [0.3, 0.4) is 0 Å². The molecule has 1 unspecified atom stereocenters. The van der Waals surface area contributed by atoms with Gasteiger partial charge >= 0.3 is 0 Å². The Morgan fingerprint density at radius 3 is 2.37 bits per heavy atom. The number of halogens is 1. The number of nitro groups is 1. The SMILES string of the molecule is O=C1CC(CNS(=O)(=O)c2ccc([N+](=O)[O-])cc2)CN1c1ccc(Cl)cc1. The van der Waals surface area contributed by atoms with Crippen LogP contribution in [0.1, 0.15) is 6.42 Å². The highest BCUT2D eigenvalue weighted by Crippen LogP contribution is 2.26. The summed E-state index contributed by atoms with van der Waals surface area (Å²) in [6.07, 6.45) is 0.228. The number of sulfonamides is 1. The van der Waals surface area contributed by atoms with Gasteiger partial charge < -0.3 is 4.90 Å². The Hall–Kier alpha value is -2.49. The number of hydrogen-bond donors (Lipinski definition) is 1. The van der Waals surface area contributed by atoms with Crippen molar-refractivity contribution in [3.8, 4) is 0 Å². The molecular weight excluding hydrogens is 394 g/mol. The minimum Gasteiger partial charge on any atom is -0.312 e. The molecule has 0 bridgehead atoms. The number of anilines is 1. The predicted octanol–water partition coefficient (Wildman–Crippen LogP) is 2.58. The van der Waals surface area contributed by atoms with Gasteiger partial charge in [-0.25, -0.2) is 13.1 Å². The molecular formula is C17H16ClN3O5S. The molecule has 27 heavy (non-hydrogen) atoms. The van der Waals surface area contributed by atoms with Gasteiger partial charge in [0.05, 0.1) is 9.82 Å². The average Bonchev–Trinajstić information content (AvgIpc) is 3.02. The molecule has 0 spiro atoms. The van der Waals surface area contributed by atoms with Crippen molar-refractivity contribution < 1.29 is 18.1 Å². The second-order valence-corrected chi connectivity index (χ2v) is 8.36. The van der Waals surface area contributed by atoms with Crippen molar-refractivity contribution in [3.63, 3.8) is 0 Å². The fourth-order valence-electron chi connectivity index (χ4n) is 2.85. The fourth-order valence-corrected chi connectivity index (χ4v) is 4.09. The lowest BCUT2D eigenvalue weighted by molar-refractivity contribution is -0.384. The van der Waals surface area contributed by atoms with E-state index in [0.29, 0.717) is 17.3 Å². The number of nitrogens with zero attached hydrogens (tertiary/aromatic N) is 2. The number of carbonyl (C=O) groups excluding carboxylic acids is 1. The third-order valence-corrected chi connectivity index (χ3v) is 5.95. The van der Waals surface area contributed by atoms with Gasteiger partial charge in [-0.15, -0.1) is 0 Å². The summed E-state index contributed by atoms with van der Waals surface area (Å²) in [7, 11) is -3.82. The van der Waals surface area contributed by atoms with Gasteiger partial charge in [0.2, 0.25) is 15.9 Å². The van der Waals surface area contributed by atoms with Crippen molar-refractivity contribution in [2.45, 2.75) is 11.3 Å². The van der Waals surface area contributed by atoms with Gasteiger partial charge in [-0.1, -0.05) is 11.6 Å². The van der Waals surface area contributed by atoms with E-state index in [2.05, 4.69) is 4.72 Å². The van der Waals surface area contributed by atoms with Crippen molar-refractivity contribution in [1.82, 2.24) is 4.72 Å². The van der Waals surface area contributed by atoms with E-state index in [-0.39, 0.29) is 35.4 Å². The molecule has 1 aliphatic rings. The first kappa shape index (κ1) is 19.3. The van der Waals surface area contributed by atoms with Gasteiger partial charge in [0, 0.05) is 42.4 Å². The van der Waals surface area contributed by atoms with Crippen LogP contribution < -0.4 is 9.62 Å². The Balaban J connectivity index is 1.63. The summed E-state index contributed by atoms with van der Waals surface area (Å²) < 4.78 is 27.2. The molecule has 1 saturated heterocycles. The third kappa shape index (κ3) is 4.44. The zero-order valence-electron chi connectivity index (χ0n) is 14.0. The summed E-state index contributed by atoms with van der Waals surface area (Å²) in [6.45, 7) is 0.485. The topological polar surface area (TPSA) is 110 Å². The summed E-state index contributed by atoms with van der Waals surface area (Å²) >= 11 is 5.85. The molecule has 1 heterocycles. The van der Waals surface area contributed by atoms with Crippen molar-refractivity contribution in [3.05, 3.63) is 63.7 Å². The Morgan fingerprint density at radius 2 is 1.78 bits per heavy atom. The van der Waals surface area contributed by atoms with Crippen LogP contribution in [0.2, 0.25) is 5.02 Å². The van der Waals surface area contributed by atoms with Crippen LogP contribution in [0.15, 0.2) is 53.4 Å². The van der Waals surface area contributed by atoms with Crippen LogP contribution in [0.5, 0.6) is 0 Å². The predicted molar refractivity (Wildman–Crippen MR) is 100 cm³/mol. The third-order valence-electron chi connectivity index (χ3n) is 4.26. The molecule has 0 aliphatic carbocycles. The molecule has 142 valence electrons. The summed E-state index contributed by atoms with van der Waals surface area (Å²) in [5, 5.41) is 11.2. The molecule has 3 rings (SSSR count). The monoisotopic (exact) mass is 409 g/mol. The van der Waals surface area contributed by atoms with Crippen LogP contribution in [0, 0.1) is 16.0 Å². The maximum Gasteiger partial charge on any atom is 0.269 e. The molecule has 8 nitrogen and oxygen atoms in total. The van der Waals surface area contributed by atoms with E-state index in [1.807, 2.05) is 0 Å². The van der Waals surface area contributed by atoms with Gasteiger partial charge in [0.1, 0.15) is 0 Å². The van der Waals surface area contributed by atoms with Crippen LogP contribution in [0.4, 0.5) is 11.4 Å². The lowest BCUT2D eigenvalue weighted by Crippen LogP contribution is -2.31. The lowest BCUT2D eigenvalue weighted by Gasteiger charge is -2.17. The normalized spacial score (nSPS) is 17.3. The highest BCUT2D eigenvalue weighted by molar-refractivity contribution is 7.89. The van der Waals surface area contributed by atoms with Crippen LogP contribution in [-0.2, 0) is 14.8 Å². The Morgan fingerprint density at radius 1 is 1.15 bits per heavy atom. The first-order chi connectivity index (χ1) is 12.8. The summed E-state index contributed by atoms with van der Waals surface area (Å²) in [5.41, 5.74) is 0.527. The van der Waals surface area contributed by atoms with Gasteiger partial charge in [-0.05, 0) is 42.3 Å². The van der Waals surface area contributed by atoms with Gasteiger partial charge in [0.25, 0.3) is 5.69 Å². The maximum absolute atomic E-state index is 12.3. The van der Waals surface area contributed by atoms with E-state index < -0.39 is 14.9 Å². The zero-order chi connectivity index (χ0) is 19.6. The van der Waals surface area contributed by atoms with E-state index in [4.69, 9.17) is 11.6 Å². The fraction of sp³-hybridized carbons (Fsp3) is 0.235. The Labute approximate surface area is 160 Å². The van der Waals surface area contributed by atoms with Gasteiger partial charge in [0.15, 0.2) is 0 Å². The average molecular weight is 410 g/mol. The number of benzene rings is 2. The first-order valence-electron chi connectivity index (χ1n) is 8.06. The lowest BCUT2D eigenvalue weighted by atomic mass is 10.1. The summed E-state index contributed by atoms with van der Waals surface area (Å²) in [6, 6.07) is 11.5. The van der Waals surface area contributed by atoms with Crippen LogP contribution >= 0.6 is 11.6 Å². The smallest absolute Gasteiger partial charge is 0.269 e. The van der Waals surface area contributed by atoms with Crippen molar-refractivity contribution in [2.75, 3.05) is 18.0 Å². The van der Waals surface area contributed by atoms with Gasteiger partial charge in [-0.3, -0.25) is 14.9 Å². The second-order valence-electron chi connectivity index (χ2n) is 6.15. The number of hydrogen-bond acceptors (Lipinski definition) is 5. The molecule has 2 aromatic rings. The maximum atomic E-state index is 12.3. The highest BCUT2D eigenvalue weighted by Gasteiger charge is 2.31. The van der Waals surface area contributed by atoms with E-state index in [1.165, 1.54) is 12.1 Å². The Bertz CT molecular complexity index is 961. The number of rotatable bonds is 6. The minimum absolute atomic E-state index is 0.0630. The number of non-ortho nitro benzene ring substituents is 1. The summed E-state index contributed by atoms with van der Waals surface area (Å²) in [5.74, 6) is -0.266. The molecule has 1 fully saturated rings. The molecule has 1 atom stereocenters. The minimum atomic E-state index is -3.82. The largest absolute Gasteiger partial charge is 0.312 e. The molecule has 0 aromatic heterocycles. The second kappa shape index (κ2) is 7.63. The van der Waals surface area contributed by atoms with Crippen LogP contribution in [0.25, 0.3) is 0 Å². The van der Waals surface area contributed by atoms with Crippen molar-refractivity contribution in [2.24, 2.45) is 5.92 Å². The molecule has 2 aromatic carbocycles. The van der Waals surface area contributed by atoms with Crippen molar-refractivity contribution in [1.29, 1.82) is 0 Å². The van der Waals surface area contributed by atoms with Crippen molar-refractivity contribution >= 4 is 38.9 Å².